The first kappa shape index (κ1) is 64.1. The number of hydrogen-bond donors (Lipinski definition) is 4. The Balaban J connectivity index is -0.000000110. The summed E-state index contributed by atoms with van der Waals surface area (Å²) in [6.45, 7) is 0. The molecule has 0 amide bonds. The molecule has 0 aromatic carbocycles. The standard InChI is InChI=1S/4C6H8O7.3Si/c4*7-3(8)1-6(13,5(11)12)2-4(9)10;;;/h4*13H,1-2H2,(H,7,8)(H,9,10)(H,11,12);;;/q;;;;3*+4/p-12. The van der Waals surface area contributed by atoms with E-state index in [9.17, 15) is 119 Å². The number of carboxylic acids is 12. The van der Waals surface area contributed by atoms with Gasteiger partial charge in [-0.1, -0.05) is 0 Å². The maximum atomic E-state index is 10.1. The zero-order valence-corrected chi connectivity index (χ0v) is 29.7. The molecule has 0 fully saturated rings. The van der Waals surface area contributed by atoms with Gasteiger partial charge in [0.2, 0.25) is 0 Å². The van der Waals surface area contributed by atoms with Crippen molar-refractivity contribution in [2.24, 2.45) is 0 Å². The second-order valence-electron chi connectivity index (χ2n) is 9.67. The van der Waals surface area contributed by atoms with Crippen LogP contribution in [0.3, 0.4) is 0 Å². The molecule has 0 aliphatic rings. The molecule has 0 saturated heterocycles. The summed E-state index contributed by atoms with van der Waals surface area (Å²) in [5.41, 5.74) is -11.9. The number of carboxylic acid groups (broad SMARTS) is 12. The third-order valence-corrected chi connectivity index (χ3v) is 5.01. The molecule has 296 valence electrons. The molecule has 0 aliphatic carbocycles. The van der Waals surface area contributed by atoms with Crippen LogP contribution >= 0.6 is 0 Å². The molecule has 0 unspecified atom stereocenters. The Morgan fingerprint density at radius 2 is 0.327 bits per heavy atom. The summed E-state index contributed by atoms with van der Waals surface area (Å²) in [6.07, 6.45) is -10.9. The molecule has 28 nitrogen and oxygen atoms in total. The fourth-order valence-electron chi connectivity index (χ4n) is 2.74. The second kappa shape index (κ2) is 27.7. The molecule has 0 atom stereocenters. The molecule has 0 aromatic rings. The van der Waals surface area contributed by atoms with Crippen molar-refractivity contribution in [1.82, 2.24) is 0 Å². The largest absolute Gasteiger partial charge is 4.00 e. The minimum absolute atomic E-state index is 0. The number of aliphatic hydroxyl groups is 4. The van der Waals surface area contributed by atoms with E-state index in [2.05, 4.69) is 0 Å². The van der Waals surface area contributed by atoms with Crippen LogP contribution in [0.1, 0.15) is 51.4 Å². The molecule has 0 spiro atoms. The van der Waals surface area contributed by atoms with Gasteiger partial charge in [0.15, 0.2) is 0 Å². The van der Waals surface area contributed by atoms with Crippen molar-refractivity contribution < 1.29 is 139 Å². The zero-order chi connectivity index (χ0) is 42.6. The van der Waals surface area contributed by atoms with E-state index in [1.807, 2.05) is 0 Å². The van der Waals surface area contributed by atoms with Gasteiger partial charge < -0.3 is 139 Å². The summed E-state index contributed by atoms with van der Waals surface area (Å²) in [6, 6.07) is 0. The Morgan fingerprint density at radius 3 is 0.364 bits per heavy atom. The second-order valence-corrected chi connectivity index (χ2v) is 9.67. The molecular weight excluding hydrogens is 820 g/mol. The summed E-state index contributed by atoms with van der Waals surface area (Å²) in [5.74, 6) is -23.9. The van der Waals surface area contributed by atoms with Crippen molar-refractivity contribution in [2.75, 3.05) is 0 Å². The normalized spacial score (nSPS) is 10.3. The van der Waals surface area contributed by atoms with Gasteiger partial charge in [0, 0.05) is 99.1 Å². The molecule has 0 aromatic heterocycles. The van der Waals surface area contributed by atoms with E-state index in [1.54, 1.807) is 0 Å². The Morgan fingerprint density at radius 1 is 0.255 bits per heavy atom. The fourth-order valence-corrected chi connectivity index (χ4v) is 2.74. The van der Waals surface area contributed by atoms with E-state index in [1.165, 1.54) is 0 Å². The van der Waals surface area contributed by atoms with Crippen molar-refractivity contribution in [1.29, 1.82) is 0 Å². The summed E-state index contributed by atoms with van der Waals surface area (Å²) >= 11 is 0. The topological polar surface area (TPSA) is 562 Å². The van der Waals surface area contributed by atoms with Crippen LogP contribution in [0.5, 0.6) is 0 Å². The average molecular weight is 841 g/mol. The smallest absolute Gasteiger partial charge is 0.550 e. The minimum Gasteiger partial charge on any atom is -0.550 e. The van der Waals surface area contributed by atoms with Gasteiger partial charge in [0.1, 0.15) is 22.4 Å². The summed E-state index contributed by atoms with van der Waals surface area (Å²) in [7, 11) is 0. The van der Waals surface area contributed by atoms with Crippen LogP contribution in [0.4, 0.5) is 0 Å². The van der Waals surface area contributed by atoms with E-state index in [0.29, 0.717) is 0 Å². The molecular formula is C24H20O28Si3. The molecule has 0 aliphatic heterocycles. The van der Waals surface area contributed by atoms with Crippen molar-refractivity contribution in [3.8, 4) is 0 Å². The molecule has 0 radical (unpaired) electrons. The average Bonchev–Trinajstić information content (AvgIpc) is 2.85. The van der Waals surface area contributed by atoms with Gasteiger partial charge in [0.25, 0.3) is 0 Å². The van der Waals surface area contributed by atoms with Crippen molar-refractivity contribution in [3.05, 3.63) is 0 Å². The van der Waals surface area contributed by atoms with E-state index >= 15 is 0 Å². The fraction of sp³-hybridized carbons (Fsp3) is 0.500. The number of carbonyl (C=O) groups is 12. The van der Waals surface area contributed by atoms with Gasteiger partial charge in [-0.3, -0.25) is 0 Å². The summed E-state index contributed by atoms with van der Waals surface area (Å²) in [4.78, 5) is 120. The van der Waals surface area contributed by atoms with Gasteiger partial charge in [-0.05, 0) is 0 Å². The zero-order valence-electron chi connectivity index (χ0n) is 26.7. The van der Waals surface area contributed by atoms with Crippen LogP contribution in [-0.2, 0) is 57.5 Å². The summed E-state index contributed by atoms with van der Waals surface area (Å²) in [5, 5.41) is 156. The van der Waals surface area contributed by atoms with Crippen LogP contribution in [0.25, 0.3) is 0 Å². The number of aliphatic carboxylic acids is 12. The molecule has 31 heteroatoms. The first-order chi connectivity index (χ1) is 23.1. The Hall–Kier alpha value is -5.87. The first-order valence-electron chi connectivity index (χ1n) is 12.5. The predicted molar refractivity (Wildman–Crippen MR) is 134 cm³/mol. The third kappa shape index (κ3) is 30.3. The van der Waals surface area contributed by atoms with Gasteiger partial charge in [-0.2, -0.15) is 0 Å². The Labute approximate surface area is 317 Å². The summed E-state index contributed by atoms with van der Waals surface area (Å²) < 4.78 is 0. The maximum absolute atomic E-state index is 10.1. The third-order valence-electron chi connectivity index (χ3n) is 5.01. The van der Waals surface area contributed by atoms with E-state index in [-0.39, 0.29) is 32.9 Å². The van der Waals surface area contributed by atoms with Gasteiger partial charge in [-0.15, -0.1) is 0 Å². The van der Waals surface area contributed by atoms with Crippen LogP contribution in [0.15, 0.2) is 0 Å². The Kier molecular flexibility index (Phi) is 32.3. The molecule has 0 heterocycles. The van der Waals surface area contributed by atoms with Gasteiger partial charge in [-0.25, -0.2) is 0 Å². The van der Waals surface area contributed by atoms with Crippen LogP contribution < -0.4 is 61.3 Å². The monoisotopic (exact) mass is 840 g/mol. The first-order valence-corrected chi connectivity index (χ1v) is 12.5. The van der Waals surface area contributed by atoms with E-state index < -0.39 is 145 Å². The number of hydrogen-bond acceptors (Lipinski definition) is 28. The number of rotatable bonds is 20. The number of carbonyl (C=O) groups excluding carboxylic acids is 12. The van der Waals surface area contributed by atoms with Crippen LogP contribution in [0.2, 0.25) is 0 Å². The van der Waals surface area contributed by atoms with Gasteiger partial charge >= 0.3 is 32.9 Å². The van der Waals surface area contributed by atoms with Gasteiger partial charge in [0.05, 0.1) is 23.9 Å². The quantitative estimate of drug-likeness (QED) is 0.0827. The van der Waals surface area contributed by atoms with Crippen molar-refractivity contribution >= 4 is 105 Å². The Bertz CT molecular complexity index is 1130. The molecule has 0 rings (SSSR count). The van der Waals surface area contributed by atoms with Crippen LogP contribution in [0, 0.1) is 0 Å². The molecule has 0 saturated carbocycles. The van der Waals surface area contributed by atoms with E-state index in [0.717, 1.165) is 0 Å². The molecule has 4 N–H and O–H groups in total. The molecule has 0 bridgehead atoms. The minimum atomic E-state index is -2.97. The van der Waals surface area contributed by atoms with Crippen molar-refractivity contribution in [3.63, 3.8) is 0 Å². The SMILES string of the molecule is O=C([O-])CC(O)(CC(=O)[O-])C(=O)[O-].O=C([O-])CC(O)(CC(=O)[O-])C(=O)[O-].O=C([O-])CC(O)(CC(=O)[O-])C(=O)[O-].O=C([O-])CC(O)(CC(=O)[O-])C(=O)[O-].[Si+4].[Si+4].[Si+4]. The van der Waals surface area contributed by atoms with Crippen molar-refractivity contribution in [2.45, 2.75) is 73.8 Å². The van der Waals surface area contributed by atoms with Crippen LogP contribution in [-0.4, -0.2) is 147 Å². The predicted octanol–water partition coefficient (Wildman–Crippen LogP) is -22.2. The molecule has 55 heavy (non-hydrogen) atoms. The maximum Gasteiger partial charge on any atom is 4.00 e. The van der Waals surface area contributed by atoms with E-state index in [4.69, 9.17) is 20.4 Å².